The normalized spacial score (nSPS) is 11.8. The van der Waals surface area contributed by atoms with Crippen LogP contribution in [-0.2, 0) is 10.0 Å². The van der Waals surface area contributed by atoms with Gasteiger partial charge >= 0.3 is 0 Å². The quantitative estimate of drug-likeness (QED) is 0.551. The van der Waals surface area contributed by atoms with Crippen molar-refractivity contribution >= 4 is 10.0 Å². The molecule has 0 bridgehead atoms. The molecule has 0 fully saturated rings. The van der Waals surface area contributed by atoms with Crippen molar-refractivity contribution in [3.05, 3.63) is 0 Å². The van der Waals surface area contributed by atoms with E-state index in [-0.39, 0.29) is 6.67 Å². The first kappa shape index (κ1) is 12.8. The average Bonchev–Trinajstić information content (AvgIpc) is 2.01. The fourth-order valence-corrected chi connectivity index (χ4v) is 1.30. The molecule has 80 valence electrons. The Balaban J connectivity index is 3.09. The summed E-state index contributed by atoms with van der Waals surface area (Å²) in [6, 6.07) is 0. The third kappa shape index (κ3) is 11.8. The highest BCUT2D eigenvalue weighted by Gasteiger charge is 1.97. The van der Waals surface area contributed by atoms with E-state index >= 15 is 0 Å². The Bertz CT molecular complexity index is 207. The zero-order valence-electron chi connectivity index (χ0n) is 7.85. The van der Waals surface area contributed by atoms with Gasteiger partial charge in [-0.3, -0.25) is 4.39 Å². The molecule has 2 N–H and O–H groups in total. The molecular formula is C7H17FN2O2S. The fraction of sp³-hybridized carbons (Fsp3) is 1.00. The highest BCUT2D eigenvalue weighted by atomic mass is 32.2. The lowest BCUT2D eigenvalue weighted by Gasteiger charge is -2.03. The molecule has 13 heavy (non-hydrogen) atoms. The minimum atomic E-state index is -3.06. The van der Waals surface area contributed by atoms with E-state index in [0.717, 1.165) is 12.7 Å². The van der Waals surface area contributed by atoms with Crippen molar-refractivity contribution in [1.82, 2.24) is 10.0 Å². The van der Waals surface area contributed by atoms with E-state index in [9.17, 15) is 12.8 Å². The molecule has 0 radical (unpaired) electrons. The summed E-state index contributed by atoms with van der Waals surface area (Å²) in [5.74, 6) is 0. The maximum atomic E-state index is 11.6. The van der Waals surface area contributed by atoms with Gasteiger partial charge in [-0.15, -0.1) is 0 Å². The third-order valence-electron chi connectivity index (χ3n) is 1.38. The van der Waals surface area contributed by atoms with E-state index in [1.54, 1.807) is 0 Å². The number of sulfonamides is 1. The van der Waals surface area contributed by atoms with Crippen LogP contribution in [0, 0.1) is 0 Å². The third-order valence-corrected chi connectivity index (χ3v) is 2.11. The van der Waals surface area contributed by atoms with Crippen LogP contribution in [0.4, 0.5) is 4.39 Å². The molecule has 0 spiro atoms. The molecule has 0 heterocycles. The summed E-state index contributed by atoms with van der Waals surface area (Å²) in [4.78, 5) is 0. The van der Waals surface area contributed by atoms with Crippen LogP contribution in [-0.4, -0.2) is 41.0 Å². The molecule has 0 aromatic carbocycles. The molecule has 0 aliphatic heterocycles. The van der Waals surface area contributed by atoms with Crippen molar-refractivity contribution in [1.29, 1.82) is 0 Å². The Morgan fingerprint density at radius 1 is 1.15 bits per heavy atom. The van der Waals surface area contributed by atoms with Crippen LogP contribution >= 0.6 is 0 Å². The average molecular weight is 212 g/mol. The van der Waals surface area contributed by atoms with E-state index < -0.39 is 10.0 Å². The molecule has 0 atom stereocenters. The molecule has 0 aliphatic rings. The van der Waals surface area contributed by atoms with E-state index in [1.807, 2.05) is 0 Å². The second kappa shape index (κ2) is 7.23. The molecule has 0 aromatic heterocycles. The predicted octanol–water partition coefficient (Wildman–Crippen LogP) is -0.125. The van der Waals surface area contributed by atoms with Crippen molar-refractivity contribution in [2.75, 3.05) is 32.6 Å². The van der Waals surface area contributed by atoms with Crippen LogP contribution < -0.4 is 10.0 Å². The zero-order chi connectivity index (χ0) is 10.2. The van der Waals surface area contributed by atoms with Crippen LogP contribution in [0.15, 0.2) is 0 Å². The van der Waals surface area contributed by atoms with Gasteiger partial charge in [-0.1, -0.05) is 0 Å². The smallest absolute Gasteiger partial charge is 0.208 e. The largest absolute Gasteiger partial charge is 0.317 e. The summed E-state index contributed by atoms with van der Waals surface area (Å²) >= 11 is 0. The summed E-state index contributed by atoms with van der Waals surface area (Å²) < 4.78 is 35.1. The van der Waals surface area contributed by atoms with Crippen molar-refractivity contribution in [2.24, 2.45) is 0 Å². The molecule has 0 amide bonds. The Morgan fingerprint density at radius 2 is 1.77 bits per heavy atom. The summed E-state index contributed by atoms with van der Waals surface area (Å²) in [6.07, 6.45) is 2.36. The van der Waals surface area contributed by atoms with Crippen molar-refractivity contribution in [3.63, 3.8) is 0 Å². The highest BCUT2D eigenvalue weighted by Crippen LogP contribution is 1.80. The molecule has 0 unspecified atom stereocenters. The number of halogens is 1. The van der Waals surface area contributed by atoms with Gasteiger partial charge in [0.15, 0.2) is 0 Å². The highest BCUT2D eigenvalue weighted by molar-refractivity contribution is 7.88. The number of hydrogen-bond acceptors (Lipinski definition) is 3. The molecular weight excluding hydrogens is 195 g/mol. The summed E-state index contributed by atoms with van der Waals surface area (Å²) in [7, 11) is -3.06. The van der Waals surface area contributed by atoms with Crippen LogP contribution in [0.3, 0.4) is 0 Å². The van der Waals surface area contributed by atoms with Crippen molar-refractivity contribution in [3.8, 4) is 0 Å². The Labute approximate surface area is 79.0 Å². The minimum Gasteiger partial charge on any atom is -0.317 e. The number of nitrogens with one attached hydrogen (secondary N) is 2. The molecule has 4 nitrogen and oxygen atoms in total. The lowest BCUT2D eigenvalue weighted by Crippen LogP contribution is -2.26. The van der Waals surface area contributed by atoms with E-state index in [4.69, 9.17) is 0 Å². The topological polar surface area (TPSA) is 58.2 Å². The fourth-order valence-electron chi connectivity index (χ4n) is 0.788. The van der Waals surface area contributed by atoms with Crippen LogP contribution in [0.25, 0.3) is 0 Å². The van der Waals surface area contributed by atoms with Crippen LogP contribution in [0.2, 0.25) is 0 Å². The van der Waals surface area contributed by atoms with E-state index in [1.165, 1.54) is 0 Å². The minimum absolute atomic E-state index is 0.311. The predicted molar refractivity (Wildman–Crippen MR) is 50.9 cm³/mol. The van der Waals surface area contributed by atoms with E-state index in [0.29, 0.717) is 26.1 Å². The van der Waals surface area contributed by atoms with Crippen molar-refractivity contribution < 1.29 is 12.8 Å². The SMILES string of the molecule is CS(=O)(=O)NCCCNCCCF. The summed E-state index contributed by atoms with van der Waals surface area (Å²) in [6.45, 7) is 1.48. The second-order valence-electron chi connectivity index (χ2n) is 2.81. The summed E-state index contributed by atoms with van der Waals surface area (Å²) in [5, 5.41) is 3.00. The number of hydrogen-bond donors (Lipinski definition) is 2. The molecule has 0 saturated heterocycles. The van der Waals surface area contributed by atoms with E-state index in [2.05, 4.69) is 10.0 Å². The van der Waals surface area contributed by atoms with Gasteiger partial charge in [0, 0.05) is 6.54 Å². The first-order valence-corrected chi connectivity index (χ1v) is 6.17. The van der Waals surface area contributed by atoms with Crippen LogP contribution in [0.1, 0.15) is 12.8 Å². The second-order valence-corrected chi connectivity index (χ2v) is 4.65. The van der Waals surface area contributed by atoms with Gasteiger partial charge < -0.3 is 5.32 Å². The molecule has 0 saturated carbocycles. The Hall–Kier alpha value is -0.200. The van der Waals surface area contributed by atoms with Gasteiger partial charge in [-0.25, -0.2) is 13.1 Å². The molecule has 6 heteroatoms. The maximum Gasteiger partial charge on any atom is 0.208 e. The Morgan fingerprint density at radius 3 is 2.31 bits per heavy atom. The van der Waals surface area contributed by atoms with Crippen molar-refractivity contribution in [2.45, 2.75) is 12.8 Å². The standard InChI is InChI=1S/C7H17FN2O2S/c1-13(11,12)10-7-3-6-9-5-2-4-8/h9-10H,2-7H2,1H3. The number of alkyl halides is 1. The lowest BCUT2D eigenvalue weighted by molar-refractivity contribution is 0.458. The maximum absolute atomic E-state index is 11.6. The van der Waals surface area contributed by atoms with Gasteiger partial charge in [0.1, 0.15) is 0 Å². The monoisotopic (exact) mass is 212 g/mol. The van der Waals surface area contributed by atoms with Crippen LogP contribution in [0.5, 0.6) is 0 Å². The lowest BCUT2D eigenvalue weighted by atomic mass is 10.4. The van der Waals surface area contributed by atoms with Gasteiger partial charge in [0.05, 0.1) is 12.9 Å². The Kier molecular flexibility index (Phi) is 7.12. The summed E-state index contributed by atoms with van der Waals surface area (Å²) in [5.41, 5.74) is 0. The zero-order valence-corrected chi connectivity index (χ0v) is 8.66. The molecule has 0 rings (SSSR count). The van der Waals surface area contributed by atoms with Gasteiger partial charge in [-0.05, 0) is 25.9 Å². The first-order chi connectivity index (χ1) is 6.06. The molecule has 0 aromatic rings. The van der Waals surface area contributed by atoms with Gasteiger partial charge in [0.2, 0.25) is 10.0 Å². The van der Waals surface area contributed by atoms with Gasteiger partial charge in [0.25, 0.3) is 0 Å². The number of rotatable bonds is 8. The van der Waals surface area contributed by atoms with Gasteiger partial charge in [-0.2, -0.15) is 0 Å². The first-order valence-electron chi connectivity index (χ1n) is 4.27. The molecule has 0 aliphatic carbocycles.